The topological polar surface area (TPSA) is 49.8 Å². The SMILES string of the molecule is COCCCC(=O)N1CCC(CO)CC1. The van der Waals surface area contributed by atoms with Gasteiger partial charge in [-0.2, -0.15) is 0 Å². The zero-order valence-corrected chi connectivity index (χ0v) is 9.45. The molecule has 0 atom stereocenters. The molecule has 1 aliphatic heterocycles. The summed E-state index contributed by atoms with van der Waals surface area (Å²) in [5, 5.41) is 8.97. The summed E-state index contributed by atoms with van der Waals surface area (Å²) in [7, 11) is 1.65. The van der Waals surface area contributed by atoms with Crippen molar-refractivity contribution in [2.45, 2.75) is 25.7 Å². The van der Waals surface area contributed by atoms with Gasteiger partial charge in [0, 0.05) is 39.8 Å². The van der Waals surface area contributed by atoms with Crippen LogP contribution in [0.2, 0.25) is 0 Å². The number of nitrogens with zero attached hydrogens (tertiary/aromatic N) is 1. The van der Waals surface area contributed by atoms with Crippen molar-refractivity contribution in [2.24, 2.45) is 5.92 Å². The van der Waals surface area contributed by atoms with E-state index in [0.29, 0.717) is 18.9 Å². The smallest absolute Gasteiger partial charge is 0.222 e. The van der Waals surface area contributed by atoms with Gasteiger partial charge in [0.25, 0.3) is 0 Å². The molecule has 4 nitrogen and oxygen atoms in total. The highest BCUT2D eigenvalue weighted by Gasteiger charge is 2.21. The highest BCUT2D eigenvalue weighted by molar-refractivity contribution is 5.76. The number of piperidine rings is 1. The molecule has 0 aromatic heterocycles. The maximum atomic E-state index is 11.7. The summed E-state index contributed by atoms with van der Waals surface area (Å²) in [6, 6.07) is 0. The Morgan fingerprint density at radius 2 is 2.13 bits per heavy atom. The second kappa shape index (κ2) is 6.80. The van der Waals surface area contributed by atoms with Crippen molar-refractivity contribution < 1.29 is 14.6 Å². The minimum Gasteiger partial charge on any atom is -0.396 e. The zero-order valence-electron chi connectivity index (χ0n) is 9.45. The van der Waals surface area contributed by atoms with Gasteiger partial charge in [0.15, 0.2) is 0 Å². The Hall–Kier alpha value is -0.610. The van der Waals surface area contributed by atoms with E-state index in [4.69, 9.17) is 9.84 Å². The molecule has 0 radical (unpaired) electrons. The molecule has 0 unspecified atom stereocenters. The molecule has 0 aromatic carbocycles. The summed E-state index contributed by atoms with van der Waals surface area (Å²) in [5.74, 6) is 0.622. The Labute approximate surface area is 91.2 Å². The first-order valence-electron chi connectivity index (χ1n) is 5.65. The maximum absolute atomic E-state index is 11.7. The van der Waals surface area contributed by atoms with Gasteiger partial charge >= 0.3 is 0 Å². The fourth-order valence-corrected chi connectivity index (χ4v) is 1.89. The molecule has 0 bridgehead atoms. The van der Waals surface area contributed by atoms with Crippen LogP contribution in [0.4, 0.5) is 0 Å². The fourth-order valence-electron chi connectivity index (χ4n) is 1.89. The molecule has 0 aliphatic carbocycles. The van der Waals surface area contributed by atoms with Gasteiger partial charge in [-0.1, -0.05) is 0 Å². The van der Waals surface area contributed by atoms with Crippen LogP contribution < -0.4 is 0 Å². The van der Waals surface area contributed by atoms with Gasteiger partial charge in [-0.25, -0.2) is 0 Å². The van der Waals surface area contributed by atoms with E-state index in [-0.39, 0.29) is 12.5 Å². The lowest BCUT2D eigenvalue weighted by atomic mass is 9.97. The molecule has 1 N–H and O–H groups in total. The number of aliphatic hydroxyl groups is 1. The molecule has 88 valence electrons. The summed E-state index contributed by atoms with van der Waals surface area (Å²) >= 11 is 0. The Kier molecular flexibility index (Phi) is 5.65. The average molecular weight is 215 g/mol. The van der Waals surface area contributed by atoms with Gasteiger partial charge in [-0.3, -0.25) is 4.79 Å². The third-order valence-corrected chi connectivity index (χ3v) is 2.96. The van der Waals surface area contributed by atoms with Crippen LogP contribution in [0.5, 0.6) is 0 Å². The van der Waals surface area contributed by atoms with Gasteiger partial charge in [-0.05, 0) is 25.2 Å². The Bertz CT molecular complexity index is 188. The Morgan fingerprint density at radius 3 is 2.67 bits per heavy atom. The third-order valence-electron chi connectivity index (χ3n) is 2.96. The quantitative estimate of drug-likeness (QED) is 0.685. The molecule has 1 rings (SSSR count). The number of hydrogen-bond acceptors (Lipinski definition) is 3. The van der Waals surface area contributed by atoms with Crippen LogP contribution in [-0.2, 0) is 9.53 Å². The van der Waals surface area contributed by atoms with E-state index in [1.54, 1.807) is 7.11 Å². The normalized spacial score (nSPS) is 18.1. The largest absolute Gasteiger partial charge is 0.396 e. The standard InChI is InChI=1S/C11H21NO3/c1-15-8-2-3-11(14)12-6-4-10(9-13)5-7-12/h10,13H,2-9H2,1H3. The first-order valence-corrected chi connectivity index (χ1v) is 5.65. The highest BCUT2D eigenvalue weighted by atomic mass is 16.5. The van der Waals surface area contributed by atoms with Crippen LogP contribution in [0.1, 0.15) is 25.7 Å². The lowest BCUT2D eigenvalue weighted by molar-refractivity contribution is -0.133. The zero-order chi connectivity index (χ0) is 11.1. The van der Waals surface area contributed by atoms with Crippen LogP contribution in [0.25, 0.3) is 0 Å². The predicted molar refractivity (Wildman–Crippen MR) is 57.5 cm³/mol. The fraction of sp³-hybridized carbons (Fsp3) is 0.909. The molecule has 0 spiro atoms. The van der Waals surface area contributed by atoms with Crippen LogP contribution in [0, 0.1) is 5.92 Å². The molecular formula is C11H21NO3. The molecule has 1 aliphatic rings. The van der Waals surface area contributed by atoms with E-state index in [2.05, 4.69) is 0 Å². The monoisotopic (exact) mass is 215 g/mol. The van der Waals surface area contributed by atoms with Gasteiger partial charge < -0.3 is 14.7 Å². The van der Waals surface area contributed by atoms with Crippen molar-refractivity contribution in [2.75, 3.05) is 33.4 Å². The average Bonchev–Trinajstić information content (AvgIpc) is 2.29. The summed E-state index contributed by atoms with van der Waals surface area (Å²) in [6.07, 6.45) is 3.26. The van der Waals surface area contributed by atoms with Gasteiger partial charge in [-0.15, -0.1) is 0 Å². The number of amides is 1. The van der Waals surface area contributed by atoms with E-state index >= 15 is 0 Å². The molecular weight excluding hydrogens is 194 g/mol. The van der Waals surface area contributed by atoms with E-state index in [1.807, 2.05) is 4.90 Å². The summed E-state index contributed by atoms with van der Waals surface area (Å²) in [5.41, 5.74) is 0. The second-order valence-corrected chi connectivity index (χ2v) is 4.10. The van der Waals surface area contributed by atoms with Crippen molar-refractivity contribution in [1.82, 2.24) is 4.90 Å². The molecule has 15 heavy (non-hydrogen) atoms. The Balaban J connectivity index is 2.18. The summed E-state index contributed by atoms with van der Waals surface area (Å²) in [4.78, 5) is 13.6. The molecule has 0 aromatic rings. The maximum Gasteiger partial charge on any atom is 0.222 e. The number of carbonyl (C=O) groups excluding carboxylic acids is 1. The lowest BCUT2D eigenvalue weighted by Crippen LogP contribution is -2.39. The minimum atomic E-state index is 0.225. The number of hydrogen-bond donors (Lipinski definition) is 1. The first-order chi connectivity index (χ1) is 7.27. The van der Waals surface area contributed by atoms with Crippen molar-refractivity contribution in [3.05, 3.63) is 0 Å². The van der Waals surface area contributed by atoms with Crippen LogP contribution >= 0.6 is 0 Å². The Morgan fingerprint density at radius 1 is 1.47 bits per heavy atom. The van der Waals surface area contributed by atoms with Crippen LogP contribution in [0.15, 0.2) is 0 Å². The van der Waals surface area contributed by atoms with Gasteiger partial charge in [0.05, 0.1) is 0 Å². The van der Waals surface area contributed by atoms with Crippen molar-refractivity contribution in [3.8, 4) is 0 Å². The van der Waals surface area contributed by atoms with Gasteiger partial charge in [0.2, 0.25) is 5.91 Å². The first kappa shape index (κ1) is 12.5. The number of rotatable bonds is 5. The van der Waals surface area contributed by atoms with Crippen LogP contribution in [-0.4, -0.2) is 49.3 Å². The number of likely N-dealkylation sites (tertiary alicyclic amines) is 1. The molecule has 0 saturated carbocycles. The van der Waals surface area contributed by atoms with E-state index in [1.165, 1.54) is 0 Å². The van der Waals surface area contributed by atoms with Gasteiger partial charge in [0.1, 0.15) is 0 Å². The molecule has 1 heterocycles. The summed E-state index contributed by atoms with van der Waals surface area (Å²) in [6.45, 7) is 2.51. The van der Waals surface area contributed by atoms with Crippen LogP contribution in [0.3, 0.4) is 0 Å². The number of methoxy groups -OCH3 is 1. The van der Waals surface area contributed by atoms with E-state index in [9.17, 15) is 4.79 Å². The molecule has 1 amide bonds. The number of aliphatic hydroxyl groups excluding tert-OH is 1. The number of carbonyl (C=O) groups is 1. The minimum absolute atomic E-state index is 0.225. The second-order valence-electron chi connectivity index (χ2n) is 4.10. The van der Waals surface area contributed by atoms with E-state index in [0.717, 1.165) is 32.4 Å². The molecule has 1 fully saturated rings. The van der Waals surface area contributed by atoms with Crippen molar-refractivity contribution in [1.29, 1.82) is 0 Å². The van der Waals surface area contributed by atoms with Crippen molar-refractivity contribution >= 4 is 5.91 Å². The van der Waals surface area contributed by atoms with Crippen molar-refractivity contribution in [3.63, 3.8) is 0 Å². The lowest BCUT2D eigenvalue weighted by Gasteiger charge is -2.31. The highest BCUT2D eigenvalue weighted by Crippen LogP contribution is 2.17. The molecule has 1 saturated heterocycles. The summed E-state index contributed by atoms with van der Waals surface area (Å²) < 4.78 is 4.91. The van der Waals surface area contributed by atoms with E-state index < -0.39 is 0 Å². The third kappa shape index (κ3) is 4.18. The predicted octanol–water partition coefficient (Wildman–Crippen LogP) is 0.644. The molecule has 4 heteroatoms. The number of ether oxygens (including phenoxy) is 1.